The Morgan fingerprint density at radius 1 is 1.33 bits per heavy atom. The van der Waals surface area contributed by atoms with Crippen molar-refractivity contribution in [1.29, 1.82) is 0 Å². The molecule has 1 aliphatic heterocycles. The number of hydrogen-bond donors (Lipinski definition) is 0. The smallest absolute Gasteiger partial charge is 0.0544 e. The van der Waals surface area contributed by atoms with Crippen molar-refractivity contribution in [3.8, 4) is 0 Å². The van der Waals surface area contributed by atoms with Gasteiger partial charge >= 0.3 is 0 Å². The molecule has 3 heterocycles. The van der Waals surface area contributed by atoms with Gasteiger partial charge in [0.25, 0.3) is 0 Å². The number of hydrogen-bond acceptors (Lipinski definition) is 4. The van der Waals surface area contributed by atoms with E-state index in [1.54, 1.807) is 11.3 Å². The molecule has 0 aromatic carbocycles. The highest BCUT2D eigenvalue weighted by Gasteiger charge is 2.43. The lowest BCUT2D eigenvalue weighted by atomic mass is 9.82. The Labute approximate surface area is 172 Å². The Kier molecular flexibility index (Phi) is 6.62. The van der Waals surface area contributed by atoms with Crippen LogP contribution in [0.4, 0.5) is 0 Å². The Morgan fingerprint density at radius 3 is 2.78 bits per heavy atom. The minimum atomic E-state index is -0.0330. The number of aryl methyl sites for hydroxylation is 2. The van der Waals surface area contributed by atoms with Gasteiger partial charge in [0.15, 0.2) is 0 Å². The van der Waals surface area contributed by atoms with E-state index in [4.69, 9.17) is 16.3 Å². The number of ether oxygens (including phenoxy) is 1. The predicted octanol–water partition coefficient (Wildman–Crippen LogP) is 5.70. The lowest BCUT2D eigenvalue weighted by Gasteiger charge is -2.38. The second-order valence-electron chi connectivity index (χ2n) is 8.30. The molecule has 1 atom stereocenters. The van der Waals surface area contributed by atoms with Gasteiger partial charge in [0.1, 0.15) is 0 Å². The molecule has 1 fully saturated rings. The zero-order valence-electron chi connectivity index (χ0n) is 16.9. The second kappa shape index (κ2) is 8.60. The number of aromatic nitrogens is 1. The second-order valence-corrected chi connectivity index (χ2v) is 9.45. The van der Waals surface area contributed by atoms with Gasteiger partial charge in [-0.05, 0) is 76.1 Å². The van der Waals surface area contributed by atoms with Crippen molar-refractivity contribution in [3.05, 3.63) is 50.9 Å². The summed E-state index contributed by atoms with van der Waals surface area (Å²) in [5, 5.41) is 5.12. The van der Waals surface area contributed by atoms with Gasteiger partial charge in [0, 0.05) is 41.4 Å². The first-order valence-electron chi connectivity index (χ1n) is 9.83. The number of nitrogens with zero attached hydrogens (tertiary/aromatic N) is 2. The van der Waals surface area contributed by atoms with E-state index in [-0.39, 0.29) is 11.0 Å². The largest absolute Gasteiger partial charge is 0.381 e. The molecule has 0 unspecified atom stereocenters. The number of rotatable bonds is 8. The molecule has 0 N–H and O–H groups in total. The highest BCUT2D eigenvalue weighted by molar-refractivity contribution is 7.08. The molecule has 148 valence electrons. The predicted molar refractivity (Wildman–Crippen MR) is 115 cm³/mol. The fraction of sp³-hybridized carbons (Fsp3) is 0.591. The van der Waals surface area contributed by atoms with Crippen LogP contribution >= 0.6 is 22.9 Å². The number of pyridine rings is 1. The van der Waals surface area contributed by atoms with Gasteiger partial charge in [-0.25, -0.2) is 0 Å². The summed E-state index contributed by atoms with van der Waals surface area (Å²) in [6.07, 6.45) is 5.33. The summed E-state index contributed by atoms with van der Waals surface area (Å²) in [6, 6.07) is 4.33. The lowest BCUT2D eigenvalue weighted by Crippen LogP contribution is -2.42. The summed E-state index contributed by atoms with van der Waals surface area (Å²) in [6.45, 7) is 12.5. The van der Waals surface area contributed by atoms with Gasteiger partial charge < -0.3 is 4.74 Å². The SMILES string of the molecule is CCOC[C@@]1(CCc2cscc2Cl)CCN(C(C)(C)c2ccc(C)nc2)C1. The minimum Gasteiger partial charge on any atom is -0.381 e. The summed E-state index contributed by atoms with van der Waals surface area (Å²) in [4.78, 5) is 7.12. The highest BCUT2D eigenvalue weighted by atomic mass is 35.5. The van der Waals surface area contributed by atoms with Crippen molar-refractivity contribution in [2.24, 2.45) is 5.41 Å². The van der Waals surface area contributed by atoms with Crippen LogP contribution < -0.4 is 0 Å². The molecule has 0 saturated carbocycles. The van der Waals surface area contributed by atoms with E-state index < -0.39 is 0 Å². The third-order valence-electron chi connectivity index (χ3n) is 6.07. The maximum Gasteiger partial charge on any atom is 0.0544 e. The van der Waals surface area contributed by atoms with E-state index >= 15 is 0 Å². The van der Waals surface area contributed by atoms with Gasteiger partial charge in [-0.1, -0.05) is 17.7 Å². The van der Waals surface area contributed by atoms with Crippen molar-refractivity contribution in [2.45, 2.75) is 52.5 Å². The highest BCUT2D eigenvalue weighted by Crippen LogP contribution is 2.42. The molecule has 1 aliphatic rings. The topological polar surface area (TPSA) is 25.4 Å². The van der Waals surface area contributed by atoms with E-state index in [1.165, 1.54) is 11.1 Å². The van der Waals surface area contributed by atoms with Crippen molar-refractivity contribution in [3.63, 3.8) is 0 Å². The van der Waals surface area contributed by atoms with Crippen molar-refractivity contribution in [1.82, 2.24) is 9.88 Å². The summed E-state index contributed by atoms with van der Waals surface area (Å²) < 4.78 is 5.93. The molecule has 27 heavy (non-hydrogen) atoms. The van der Waals surface area contributed by atoms with Gasteiger partial charge in [0.2, 0.25) is 0 Å². The van der Waals surface area contributed by atoms with E-state index in [2.05, 4.69) is 48.2 Å². The van der Waals surface area contributed by atoms with Crippen LogP contribution in [0.5, 0.6) is 0 Å². The average molecular weight is 407 g/mol. The lowest BCUT2D eigenvalue weighted by molar-refractivity contribution is 0.0385. The molecule has 2 aromatic rings. The standard InChI is InChI=1S/C22H31ClN2OS/c1-5-26-16-22(9-8-18-13-27-14-20(18)23)10-11-25(15-22)21(3,4)19-7-6-17(2)24-12-19/h6-7,12-14H,5,8-11,15-16H2,1-4H3/t22-/m0/s1. The van der Waals surface area contributed by atoms with E-state index in [9.17, 15) is 0 Å². The van der Waals surface area contributed by atoms with Crippen LogP contribution in [0.15, 0.2) is 29.1 Å². The van der Waals surface area contributed by atoms with Gasteiger partial charge in [0.05, 0.1) is 11.6 Å². The zero-order chi connectivity index (χ0) is 19.5. The summed E-state index contributed by atoms with van der Waals surface area (Å²) in [5.74, 6) is 0. The molecular formula is C22H31ClN2OS. The Balaban J connectivity index is 1.74. The molecule has 0 radical (unpaired) electrons. The Hall–Kier alpha value is -0.940. The minimum absolute atomic E-state index is 0.0330. The van der Waals surface area contributed by atoms with E-state index in [0.29, 0.717) is 0 Å². The monoisotopic (exact) mass is 406 g/mol. The van der Waals surface area contributed by atoms with Crippen molar-refractivity contribution >= 4 is 22.9 Å². The summed E-state index contributed by atoms with van der Waals surface area (Å²) >= 11 is 8.02. The molecule has 0 spiro atoms. The molecule has 0 bridgehead atoms. The third kappa shape index (κ3) is 4.73. The molecule has 0 amide bonds. The van der Waals surface area contributed by atoms with Crippen LogP contribution in [0.1, 0.15) is 50.4 Å². The normalized spacial score (nSPS) is 21.1. The third-order valence-corrected chi connectivity index (χ3v) is 7.35. The average Bonchev–Trinajstić information content (AvgIpc) is 3.26. The quantitative estimate of drug-likeness (QED) is 0.562. The van der Waals surface area contributed by atoms with E-state index in [1.807, 2.05) is 18.5 Å². The fourth-order valence-corrected chi connectivity index (χ4v) is 5.14. The maximum atomic E-state index is 6.33. The van der Waals surface area contributed by atoms with Crippen LogP contribution in [0.3, 0.4) is 0 Å². The Morgan fingerprint density at radius 2 is 2.15 bits per heavy atom. The molecule has 3 rings (SSSR count). The molecule has 1 saturated heterocycles. The first-order valence-corrected chi connectivity index (χ1v) is 11.1. The molecule has 2 aromatic heterocycles. The summed E-state index contributed by atoms with van der Waals surface area (Å²) in [7, 11) is 0. The van der Waals surface area contributed by atoms with Crippen LogP contribution in [0, 0.1) is 12.3 Å². The summed E-state index contributed by atoms with van der Waals surface area (Å²) in [5.41, 5.74) is 3.78. The molecular weight excluding hydrogens is 376 g/mol. The maximum absolute atomic E-state index is 6.33. The van der Waals surface area contributed by atoms with Crippen LogP contribution in [0.2, 0.25) is 5.02 Å². The fourth-order valence-electron chi connectivity index (χ4n) is 4.02. The van der Waals surface area contributed by atoms with Crippen LogP contribution in [-0.4, -0.2) is 36.2 Å². The number of thiophene rings is 1. The van der Waals surface area contributed by atoms with Crippen molar-refractivity contribution < 1.29 is 4.74 Å². The van der Waals surface area contributed by atoms with Crippen molar-refractivity contribution in [2.75, 3.05) is 26.3 Å². The number of halogens is 1. The zero-order valence-corrected chi connectivity index (χ0v) is 18.5. The Bertz CT molecular complexity index is 743. The first kappa shape index (κ1) is 20.8. The molecule has 5 heteroatoms. The van der Waals surface area contributed by atoms with E-state index in [0.717, 1.165) is 56.3 Å². The van der Waals surface area contributed by atoms with Gasteiger partial charge in [-0.2, -0.15) is 11.3 Å². The van der Waals surface area contributed by atoms with Crippen LogP contribution in [-0.2, 0) is 16.7 Å². The van der Waals surface area contributed by atoms with Gasteiger partial charge in [-0.15, -0.1) is 0 Å². The first-order chi connectivity index (χ1) is 12.9. The number of likely N-dealkylation sites (tertiary alicyclic amines) is 1. The molecule has 3 nitrogen and oxygen atoms in total. The molecule has 0 aliphatic carbocycles. The van der Waals surface area contributed by atoms with Gasteiger partial charge in [-0.3, -0.25) is 9.88 Å². The van der Waals surface area contributed by atoms with Crippen LogP contribution in [0.25, 0.3) is 0 Å².